The molecule has 0 atom stereocenters. The minimum absolute atomic E-state index is 0.0749. The van der Waals surface area contributed by atoms with Crippen LogP contribution in [-0.4, -0.2) is 13.4 Å². The van der Waals surface area contributed by atoms with Gasteiger partial charge in [-0.15, -0.1) is 0 Å². The third-order valence-electron chi connectivity index (χ3n) is 6.64. The maximum absolute atomic E-state index is 14.6. The molecule has 1 aliphatic carbocycles. The standard InChI is InChI=1S/C18H14F6O.C12H15FO/c1-3-4-9-5-6-10-11-7-8-12(25-2)16(20)14(11)18(23,24)17(21,22)13(10)15(9)19;1-2-3-4-5-10-6-7-11(9-14)12(13)8-10/h5-8H,3-4H2,1-2H3;6-9H,2-5H2,1H3. The van der Waals surface area contributed by atoms with E-state index in [0.29, 0.717) is 12.7 Å². The molecule has 3 aromatic rings. The summed E-state index contributed by atoms with van der Waals surface area (Å²) < 4.78 is 105. The minimum atomic E-state index is -4.92. The summed E-state index contributed by atoms with van der Waals surface area (Å²) in [5.74, 6) is -13.7. The van der Waals surface area contributed by atoms with Crippen molar-refractivity contribution in [1.82, 2.24) is 0 Å². The Morgan fingerprint density at radius 1 is 0.769 bits per heavy atom. The Morgan fingerprint density at radius 2 is 1.38 bits per heavy atom. The van der Waals surface area contributed by atoms with E-state index in [1.807, 2.05) is 6.07 Å². The van der Waals surface area contributed by atoms with E-state index in [0.717, 1.165) is 56.6 Å². The summed E-state index contributed by atoms with van der Waals surface area (Å²) in [6, 6.07) is 9.32. The van der Waals surface area contributed by atoms with Crippen LogP contribution in [0.4, 0.5) is 30.7 Å². The molecule has 1 aliphatic rings. The molecule has 0 radical (unpaired) electrons. The van der Waals surface area contributed by atoms with Crippen LogP contribution >= 0.6 is 0 Å². The Bertz CT molecular complexity index is 1340. The normalized spacial score (nSPS) is 14.5. The maximum atomic E-state index is 14.6. The molecule has 39 heavy (non-hydrogen) atoms. The highest BCUT2D eigenvalue weighted by molar-refractivity contribution is 5.77. The zero-order chi connectivity index (χ0) is 29.0. The monoisotopic (exact) mass is 554 g/mol. The number of halogens is 7. The fourth-order valence-corrected chi connectivity index (χ4v) is 4.57. The van der Waals surface area contributed by atoms with Gasteiger partial charge in [0.05, 0.1) is 23.8 Å². The van der Waals surface area contributed by atoms with Crippen LogP contribution in [0.25, 0.3) is 11.1 Å². The zero-order valence-corrected chi connectivity index (χ0v) is 21.8. The van der Waals surface area contributed by atoms with E-state index in [1.165, 1.54) is 12.1 Å². The lowest BCUT2D eigenvalue weighted by atomic mass is 9.79. The van der Waals surface area contributed by atoms with Gasteiger partial charge in [-0.05, 0) is 65.8 Å². The number of carbonyl (C=O) groups excluding carboxylic acids is 1. The second kappa shape index (κ2) is 12.2. The number of unbranched alkanes of at least 4 members (excludes halogenated alkanes) is 2. The molecule has 0 aliphatic heterocycles. The lowest BCUT2D eigenvalue weighted by Crippen LogP contribution is -2.41. The van der Waals surface area contributed by atoms with Gasteiger partial charge >= 0.3 is 11.8 Å². The van der Waals surface area contributed by atoms with E-state index < -0.39 is 57.3 Å². The third kappa shape index (κ3) is 5.68. The summed E-state index contributed by atoms with van der Waals surface area (Å²) >= 11 is 0. The number of aryl methyl sites for hydroxylation is 2. The Balaban J connectivity index is 0.000000255. The van der Waals surface area contributed by atoms with Crippen molar-refractivity contribution < 1.29 is 40.3 Å². The van der Waals surface area contributed by atoms with Crippen LogP contribution in [-0.2, 0) is 24.7 Å². The molecule has 210 valence electrons. The number of rotatable bonds is 8. The largest absolute Gasteiger partial charge is 0.494 e. The fraction of sp³-hybridized carbons (Fsp3) is 0.367. The lowest BCUT2D eigenvalue weighted by molar-refractivity contribution is -0.227. The molecule has 0 aromatic heterocycles. The van der Waals surface area contributed by atoms with Crippen LogP contribution in [0.3, 0.4) is 0 Å². The number of benzene rings is 3. The smallest absolute Gasteiger partial charge is 0.343 e. The van der Waals surface area contributed by atoms with Crippen LogP contribution in [0.2, 0.25) is 0 Å². The number of ether oxygens (including phenoxy) is 1. The highest BCUT2D eigenvalue weighted by Gasteiger charge is 2.65. The van der Waals surface area contributed by atoms with E-state index in [4.69, 9.17) is 0 Å². The van der Waals surface area contributed by atoms with Crippen molar-refractivity contribution in [3.8, 4) is 16.9 Å². The Kier molecular flexibility index (Phi) is 9.46. The molecule has 3 aromatic carbocycles. The highest BCUT2D eigenvalue weighted by atomic mass is 19.3. The van der Waals surface area contributed by atoms with Gasteiger partial charge in [0, 0.05) is 0 Å². The Morgan fingerprint density at radius 3 is 1.92 bits per heavy atom. The van der Waals surface area contributed by atoms with Crippen molar-refractivity contribution in [2.45, 2.75) is 64.2 Å². The summed E-state index contributed by atoms with van der Waals surface area (Å²) in [5.41, 5.74) is -2.73. The number of carbonyl (C=O) groups is 1. The van der Waals surface area contributed by atoms with Gasteiger partial charge in [0.15, 0.2) is 17.9 Å². The first-order valence-corrected chi connectivity index (χ1v) is 12.6. The van der Waals surface area contributed by atoms with Gasteiger partial charge in [0.25, 0.3) is 0 Å². The van der Waals surface area contributed by atoms with Gasteiger partial charge in [-0.1, -0.05) is 51.3 Å². The van der Waals surface area contributed by atoms with Gasteiger partial charge in [-0.25, -0.2) is 13.2 Å². The SMILES string of the molecule is CCCCCc1ccc(C=O)c(F)c1.CCCc1ccc2c(c1F)C(F)(F)C(F)(F)c1c-2ccc(OC)c1F. The highest BCUT2D eigenvalue weighted by Crippen LogP contribution is 2.60. The number of aldehydes is 1. The Labute approximate surface area is 222 Å². The van der Waals surface area contributed by atoms with E-state index in [-0.39, 0.29) is 17.5 Å². The van der Waals surface area contributed by atoms with Gasteiger partial charge in [-0.3, -0.25) is 4.79 Å². The average Bonchev–Trinajstić information content (AvgIpc) is 2.89. The zero-order valence-electron chi connectivity index (χ0n) is 21.8. The molecular weight excluding hydrogens is 525 g/mol. The molecule has 0 fully saturated rings. The van der Waals surface area contributed by atoms with E-state index in [2.05, 4.69) is 11.7 Å². The van der Waals surface area contributed by atoms with Crippen LogP contribution < -0.4 is 4.74 Å². The fourth-order valence-electron chi connectivity index (χ4n) is 4.57. The van der Waals surface area contributed by atoms with Crippen LogP contribution in [0.1, 0.15) is 72.1 Å². The molecule has 0 unspecified atom stereocenters. The summed E-state index contributed by atoms with van der Waals surface area (Å²) in [4.78, 5) is 10.4. The average molecular weight is 555 g/mol. The van der Waals surface area contributed by atoms with Crippen molar-refractivity contribution >= 4 is 6.29 Å². The molecule has 0 saturated carbocycles. The molecule has 0 N–H and O–H groups in total. The van der Waals surface area contributed by atoms with Crippen molar-refractivity contribution in [3.63, 3.8) is 0 Å². The summed E-state index contributed by atoms with van der Waals surface area (Å²) in [5, 5.41) is 0. The quantitative estimate of drug-likeness (QED) is 0.158. The van der Waals surface area contributed by atoms with Crippen molar-refractivity contribution in [2.75, 3.05) is 7.11 Å². The number of alkyl halides is 4. The first-order valence-electron chi connectivity index (χ1n) is 12.6. The number of hydrogen-bond donors (Lipinski definition) is 0. The van der Waals surface area contributed by atoms with Gasteiger partial charge in [0.1, 0.15) is 11.6 Å². The summed E-state index contributed by atoms with van der Waals surface area (Å²) in [7, 11) is 1.04. The molecule has 0 heterocycles. The van der Waals surface area contributed by atoms with Crippen molar-refractivity contribution in [1.29, 1.82) is 0 Å². The van der Waals surface area contributed by atoms with E-state index in [1.54, 1.807) is 13.0 Å². The molecule has 0 amide bonds. The first kappa shape index (κ1) is 30.2. The molecule has 4 rings (SSSR count). The molecule has 0 spiro atoms. The van der Waals surface area contributed by atoms with Gasteiger partial charge in [-0.2, -0.15) is 17.6 Å². The van der Waals surface area contributed by atoms with Crippen LogP contribution in [0.5, 0.6) is 5.75 Å². The van der Waals surface area contributed by atoms with Gasteiger partial charge < -0.3 is 4.74 Å². The Hall–Kier alpha value is -3.36. The lowest BCUT2D eigenvalue weighted by Gasteiger charge is -2.35. The second-order valence-electron chi connectivity index (χ2n) is 9.30. The molecular formula is C30H29F7O2. The van der Waals surface area contributed by atoms with E-state index in [9.17, 15) is 35.5 Å². The van der Waals surface area contributed by atoms with E-state index >= 15 is 0 Å². The number of hydrogen-bond acceptors (Lipinski definition) is 2. The third-order valence-corrected chi connectivity index (χ3v) is 6.64. The van der Waals surface area contributed by atoms with Crippen LogP contribution in [0.15, 0.2) is 42.5 Å². The topological polar surface area (TPSA) is 26.3 Å². The second-order valence-corrected chi connectivity index (χ2v) is 9.30. The molecule has 0 saturated heterocycles. The molecule has 2 nitrogen and oxygen atoms in total. The predicted octanol–water partition coefficient (Wildman–Crippen LogP) is 9.16. The number of fused-ring (bicyclic) bond motifs is 3. The van der Waals surface area contributed by atoms with Crippen molar-refractivity contribution in [3.05, 3.63) is 87.7 Å². The molecule has 9 heteroatoms. The maximum Gasteiger partial charge on any atom is 0.343 e. The minimum Gasteiger partial charge on any atom is -0.494 e. The predicted molar refractivity (Wildman–Crippen MR) is 135 cm³/mol. The molecule has 0 bridgehead atoms. The summed E-state index contributed by atoms with van der Waals surface area (Å²) in [6.07, 6.45) is 5.43. The van der Waals surface area contributed by atoms with Gasteiger partial charge in [0.2, 0.25) is 0 Å². The van der Waals surface area contributed by atoms with Crippen LogP contribution in [0, 0.1) is 17.5 Å². The first-order chi connectivity index (χ1) is 18.5. The number of methoxy groups -OCH3 is 1. The van der Waals surface area contributed by atoms with Crippen molar-refractivity contribution in [2.24, 2.45) is 0 Å². The summed E-state index contributed by atoms with van der Waals surface area (Å²) in [6.45, 7) is 3.85.